The lowest BCUT2D eigenvalue weighted by molar-refractivity contribution is -0.137. The molecule has 100 valence electrons. The monoisotopic (exact) mass is 323 g/mol. The van der Waals surface area contributed by atoms with Crippen LogP contribution in [0.3, 0.4) is 0 Å². The number of benzene rings is 1. The fourth-order valence-electron chi connectivity index (χ4n) is 1.98. The van der Waals surface area contributed by atoms with Gasteiger partial charge in [0.15, 0.2) is 0 Å². The molecule has 1 aromatic rings. The summed E-state index contributed by atoms with van der Waals surface area (Å²) in [6, 6.07) is 4.26. The van der Waals surface area contributed by atoms with E-state index in [1.165, 1.54) is 6.07 Å². The van der Waals surface area contributed by atoms with E-state index in [4.69, 9.17) is 5.11 Å². The zero-order chi connectivity index (χ0) is 13.3. The molecular formula is C12H13BrF3NO. The second-order valence-corrected chi connectivity index (χ2v) is 5.22. The molecule has 0 amide bonds. The third kappa shape index (κ3) is 2.98. The van der Waals surface area contributed by atoms with Crippen LogP contribution in [0, 0.1) is 0 Å². The third-order valence-corrected chi connectivity index (χ3v) is 3.40. The van der Waals surface area contributed by atoms with Crippen molar-refractivity contribution in [3.05, 3.63) is 28.2 Å². The highest BCUT2D eigenvalue weighted by Gasteiger charge is 2.38. The summed E-state index contributed by atoms with van der Waals surface area (Å²) in [5.74, 6) is 0. The SMILES string of the molecule is OCCN(c1ccc(Br)cc1C(F)(F)F)C1CC1. The molecule has 0 bridgehead atoms. The number of halogens is 4. The Morgan fingerprint density at radius 2 is 2.00 bits per heavy atom. The van der Waals surface area contributed by atoms with Crippen LogP contribution in [0.1, 0.15) is 18.4 Å². The summed E-state index contributed by atoms with van der Waals surface area (Å²) in [7, 11) is 0. The van der Waals surface area contributed by atoms with Crippen molar-refractivity contribution in [2.75, 3.05) is 18.1 Å². The molecule has 18 heavy (non-hydrogen) atoms. The number of nitrogens with zero attached hydrogens (tertiary/aromatic N) is 1. The van der Waals surface area contributed by atoms with Gasteiger partial charge >= 0.3 is 6.18 Å². The van der Waals surface area contributed by atoms with Gasteiger partial charge in [0, 0.05) is 22.7 Å². The molecule has 1 aromatic carbocycles. The lowest BCUT2D eigenvalue weighted by Crippen LogP contribution is -2.31. The lowest BCUT2D eigenvalue weighted by atomic mass is 10.1. The van der Waals surface area contributed by atoms with Gasteiger partial charge in [-0.25, -0.2) is 0 Å². The highest BCUT2D eigenvalue weighted by Crippen LogP contribution is 2.41. The second-order valence-electron chi connectivity index (χ2n) is 4.31. The van der Waals surface area contributed by atoms with E-state index in [9.17, 15) is 13.2 Å². The third-order valence-electron chi connectivity index (χ3n) is 2.90. The number of alkyl halides is 3. The first-order valence-corrected chi connectivity index (χ1v) is 6.47. The van der Waals surface area contributed by atoms with Gasteiger partial charge in [-0.15, -0.1) is 0 Å². The van der Waals surface area contributed by atoms with E-state index >= 15 is 0 Å². The van der Waals surface area contributed by atoms with Crippen LogP contribution in [0.15, 0.2) is 22.7 Å². The molecule has 1 saturated carbocycles. The molecule has 2 rings (SSSR count). The molecule has 0 aromatic heterocycles. The first kappa shape index (κ1) is 13.7. The molecule has 0 saturated heterocycles. The van der Waals surface area contributed by atoms with E-state index in [1.54, 1.807) is 11.0 Å². The van der Waals surface area contributed by atoms with Gasteiger partial charge in [-0.05, 0) is 31.0 Å². The summed E-state index contributed by atoms with van der Waals surface area (Å²) in [5, 5.41) is 8.99. The minimum Gasteiger partial charge on any atom is -0.395 e. The van der Waals surface area contributed by atoms with Crippen LogP contribution in [0.25, 0.3) is 0 Å². The fraction of sp³-hybridized carbons (Fsp3) is 0.500. The van der Waals surface area contributed by atoms with Crippen LogP contribution >= 0.6 is 15.9 Å². The molecule has 2 nitrogen and oxygen atoms in total. The molecular weight excluding hydrogens is 311 g/mol. The van der Waals surface area contributed by atoms with Crippen LogP contribution in [-0.2, 0) is 6.18 Å². The van der Waals surface area contributed by atoms with Gasteiger partial charge in [-0.3, -0.25) is 0 Å². The van der Waals surface area contributed by atoms with E-state index in [-0.39, 0.29) is 24.9 Å². The first-order valence-electron chi connectivity index (χ1n) is 5.67. The molecule has 0 unspecified atom stereocenters. The molecule has 0 spiro atoms. The van der Waals surface area contributed by atoms with Gasteiger partial charge in [0.05, 0.1) is 12.2 Å². The summed E-state index contributed by atoms with van der Waals surface area (Å²) >= 11 is 3.06. The molecule has 0 aliphatic heterocycles. The van der Waals surface area contributed by atoms with Gasteiger partial charge in [-0.2, -0.15) is 13.2 Å². The molecule has 0 atom stereocenters. The summed E-state index contributed by atoms with van der Waals surface area (Å²) in [5.41, 5.74) is -0.500. The quantitative estimate of drug-likeness (QED) is 0.917. The van der Waals surface area contributed by atoms with Gasteiger partial charge in [0.25, 0.3) is 0 Å². The van der Waals surface area contributed by atoms with Crippen molar-refractivity contribution in [3.8, 4) is 0 Å². The number of hydrogen-bond acceptors (Lipinski definition) is 2. The van der Waals surface area contributed by atoms with E-state index < -0.39 is 11.7 Å². The number of hydrogen-bond donors (Lipinski definition) is 1. The average molecular weight is 324 g/mol. The van der Waals surface area contributed by atoms with Crippen LogP contribution in [0.2, 0.25) is 0 Å². The Hall–Kier alpha value is -0.750. The van der Waals surface area contributed by atoms with E-state index in [1.807, 2.05) is 0 Å². The van der Waals surface area contributed by atoms with Gasteiger partial charge in [0.1, 0.15) is 0 Å². The van der Waals surface area contributed by atoms with Crippen molar-refractivity contribution in [3.63, 3.8) is 0 Å². The highest BCUT2D eigenvalue weighted by atomic mass is 79.9. The average Bonchev–Trinajstić information content (AvgIpc) is 3.09. The Labute approximate surface area is 112 Å². The maximum absolute atomic E-state index is 13.0. The van der Waals surface area contributed by atoms with E-state index in [0.717, 1.165) is 18.9 Å². The molecule has 1 aliphatic rings. The van der Waals surface area contributed by atoms with Crippen molar-refractivity contribution in [2.24, 2.45) is 0 Å². The minimum absolute atomic E-state index is 0.124. The smallest absolute Gasteiger partial charge is 0.395 e. The largest absolute Gasteiger partial charge is 0.418 e. The van der Waals surface area contributed by atoms with Crippen molar-refractivity contribution in [1.82, 2.24) is 0 Å². The molecule has 0 radical (unpaired) electrons. The Bertz CT molecular complexity index is 432. The predicted octanol–water partition coefficient (Wildman–Crippen LogP) is 3.43. The molecule has 6 heteroatoms. The zero-order valence-electron chi connectivity index (χ0n) is 9.54. The van der Waals surface area contributed by atoms with Gasteiger partial charge in [0.2, 0.25) is 0 Å². The highest BCUT2D eigenvalue weighted by molar-refractivity contribution is 9.10. The maximum atomic E-state index is 13.0. The fourth-order valence-corrected chi connectivity index (χ4v) is 2.34. The van der Waals surface area contributed by atoms with E-state index in [2.05, 4.69) is 15.9 Å². The van der Waals surface area contributed by atoms with Crippen LogP contribution < -0.4 is 4.90 Å². The van der Waals surface area contributed by atoms with Crippen LogP contribution in [-0.4, -0.2) is 24.3 Å². The summed E-state index contributed by atoms with van der Waals surface area (Å²) in [4.78, 5) is 1.65. The zero-order valence-corrected chi connectivity index (χ0v) is 11.1. The van der Waals surface area contributed by atoms with Crippen LogP contribution in [0.4, 0.5) is 18.9 Å². The summed E-state index contributed by atoms with van der Waals surface area (Å²) < 4.78 is 39.4. The topological polar surface area (TPSA) is 23.5 Å². The summed E-state index contributed by atoms with van der Waals surface area (Å²) in [6.07, 6.45) is -2.62. The van der Waals surface area contributed by atoms with E-state index in [0.29, 0.717) is 4.47 Å². The standard InChI is InChI=1S/C12H13BrF3NO/c13-8-1-4-11(10(7-8)12(14,15)16)17(5-6-18)9-2-3-9/h1,4,7,9,18H,2-3,5-6H2. The Kier molecular flexibility index (Phi) is 3.87. The normalized spacial score (nSPS) is 15.8. The molecule has 1 aliphatic carbocycles. The molecule has 0 heterocycles. The van der Waals surface area contributed by atoms with Gasteiger partial charge < -0.3 is 10.0 Å². The van der Waals surface area contributed by atoms with Crippen LogP contribution in [0.5, 0.6) is 0 Å². The number of aliphatic hydroxyl groups excluding tert-OH is 1. The molecule has 1 N–H and O–H groups in total. The van der Waals surface area contributed by atoms with Gasteiger partial charge in [-0.1, -0.05) is 15.9 Å². The Balaban J connectivity index is 2.41. The first-order chi connectivity index (χ1) is 8.43. The van der Waals surface area contributed by atoms with Crippen molar-refractivity contribution in [1.29, 1.82) is 0 Å². The lowest BCUT2D eigenvalue weighted by Gasteiger charge is -2.27. The predicted molar refractivity (Wildman–Crippen MR) is 66.6 cm³/mol. The Morgan fingerprint density at radius 3 is 2.50 bits per heavy atom. The maximum Gasteiger partial charge on any atom is 0.418 e. The number of aliphatic hydroxyl groups is 1. The van der Waals surface area contributed by atoms with Crippen molar-refractivity contribution < 1.29 is 18.3 Å². The molecule has 1 fully saturated rings. The minimum atomic E-state index is -4.39. The Morgan fingerprint density at radius 1 is 1.33 bits per heavy atom. The van der Waals surface area contributed by atoms with Crippen molar-refractivity contribution in [2.45, 2.75) is 25.1 Å². The second kappa shape index (κ2) is 5.09. The summed E-state index contributed by atoms with van der Waals surface area (Å²) in [6.45, 7) is 0.0826. The number of rotatable bonds is 4. The van der Waals surface area contributed by atoms with Crippen molar-refractivity contribution >= 4 is 21.6 Å². The number of anilines is 1.